The monoisotopic (exact) mass is 1270 g/mol. The fourth-order valence-electron chi connectivity index (χ4n) is 3.95. The number of ether oxygens (including phenoxy) is 4. The molecule has 0 spiro atoms. The summed E-state index contributed by atoms with van der Waals surface area (Å²) in [6.07, 6.45) is 17.2. The number of nitrogens with one attached hydrogen (secondary N) is 7. The first-order valence-electron chi connectivity index (χ1n) is 22.7. The van der Waals surface area contributed by atoms with Gasteiger partial charge in [-0.05, 0) is 32.1 Å². The number of methoxy groups -OCH3 is 4. The first-order valence-corrected chi connectivity index (χ1v) is 28.8. The molecule has 0 aliphatic carbocycles. The summed E-state index contributed by atoms with van der Waals surface area (Å²) in [5, 5.41) is 44.1. The maximum absolute atomic E-state index is 11.0. The van der Waals surface area contributed by atoms with Gasteiger partial charge in [0.2, 0.25) is 0 Å². The van der Waals surface area contributed by atoms with Crippen molar-refractivity contribution in [3.63, 3.8) is 0 Å². The van der Waals surface area contributed by atoms with Crippen molar-refractivity contribution in [1.29, 1.82) is 0 Å². The molecule has 0 aromatic carbocycles. The zero-order valence-corrected chi connectivity index (χ0v) is 56.7. The average molecular weight is 1270 g/mol. The van der Waals surface area contributed by atoms with Crippen molar-refractivity contribution in [2.75, 3.05) is 28.4 Å². The van der Waals surface area contributed by atoms with Crippen LogP contribution in [-0.2, 0) is 52.5 Å². The van der Waals surface area contributed by atoms with Gasteiger partial charge < -0.3 is 34.3 Å². The Morgan fingerprint density at radius 1 is 0.526 bits per heavy atom. The van der Waals surface area contributed by atoms with Crippen LogP contribution in [0.2, 0.25) is 6.32 Å². The van der Waals surface area contributed by atoms with Gasteiger partial charge in [0, 0.05) is 12.8 Å². The fourth-order valence-corrected chi connectivity index (χ4v) is 6.42. The van der Waals surface area contributed by atoms with E-state index >= 15 is 0 Å². The first-order chi connectivity index (χ1) is 37.2. The lowest BCUT2D eigenvalue weighted by molar-refractivity contribution is -0.143. The molecule has 0 saturated heterocycles. The first kappa shape index (κ1) is 93.2. The Kier molecular flexibility index (Phi) is 90.6. The molecule has 9 radical (unpaired) electrons. The minimum atomic E-state index is -0.881. The molecule has 0 fully saturated rings. The summed E-state index contributed by atoms with van der Waals surface area (Å²) in [5.41, 5.74) is 0. The van der Waals surface area contributed by atoms with E-state index in [1.54, 1.807) is 12.2 Å². The van der Waals surface area contributed by atoms with Crippen molar-refractivity contribution in [3.8, 4) is 24.1 Å². The molecule has 10 N–H and O–H groups in total. The van der Waals surface area contributed by atoms with E-state index in [-0.39, 0.29) is 36.0 Å². The largest absolute Gasteiger partial charge is 0.480 e. The average Bonchev–Trinajstić information content (AvgIpc) is 3.45. The highest BCUT2D eigenvalue weighted by Gasteiger charge is 2.17. The van der Waals surface area contributed by atoms with Crippen molar-refractivity contribution in [2.24, 2.45) is 0 Å². The zero-order valence-electron chi connectivity index (χ0n) is 45.2. The second-order valence-corrected chi connectivity index (χ2v) is 16.9. The standard InChI is InChI=1S/2C6H13BNO2P2.C6H9BNO2P.C6H10NO2P.C5H13BNO2P2.2C5H9BNO2P.C2H6/c2*1-10-6(9)5(8-12)3-2-4-7-11;1-10-6(9)5(8-11)3-2-4-7;1-3-4-5(7-10)6(8)9-2;8-5(9)4(7-11)2-1-3-6-10;2*6-3-1-2-4(7-10)5(8)9;1-2/h2*2,4-5,8H,3,11-12H2,1H3;5,8H,3,11H2,1H3;1,5,7H,4,10H2,2H3;4,7H,1-3,10-11H2,(H,8,9);2*1,3-4,7H,2,10H2,(H,8,9);1-2H3/b4-2+;4-2-;;;;3-1+;3-1-;. The molecular formula is C41H82B6N7O14P10. The number of hydrogen-bond acceptors (Lipinski definition) is 18. The Bertz CT molecular complexity index is 1690. The summed E-state index contributed by atoms with van der Waals surface area (Å²) in [6, 6.07) is -2.93. The molecule has 21 nitrogen and oxygen atoms in total. The molecule has 0 bridgehead atoms. The fraction of sp³-hybridized carbons (Fsp3) is 0.537. The third-order valence-electron chi connectivity index (χ3n) is 8.09. The molecule has 0 amide bonds. The minimum Gasteiger partial charge on any atom is -0.480 e. The second-order valence-electron chi connectivity index (χ2n) is 13.3. The molecule has 37 heteroatoms. The number of carboxylic acids is 3. The van der Waals surface area contributed by atoms with Crippen LogP contribution < -0.4 is 35.6 Å². The highest BCUT2D eigenvalue weighted by atomic mass is 31.0. The number of carbonyl (C=O) groups excluding carboxylic acids is 4. The van der Waals surface area contributed by atoms with Crippen molar-refractivity contribution in [2.45, 2.75) is 114 Å². The van der Waals surface area contributed by atoms with Crippen LogP contribution in [0.5, 0.6) is 0 Å². The van der Waals surface area contributed by atoms with E-state index in [1.807, 2.05) is 58.9 Å². The lowest BCUT2D eigenvalue weighted by Crippen LogP contribution is -2.30. The summed E-state index contributed by atoms with van der Waals surface area (Å²) in [5.74, 6) is 9.78. The van der Waals surface area contributed by atoms with Gasteiger partial charge >= 0.3 is 41.8 Å². The van der Waals surface area contributed by atoms with Crippen LogP contribution in [0, 0.1) is 24.1 Å². The summed E-state index contributed by atoms with van der Waals surface area (Å²) in [4.78, 5) is 74.6. The lowest BCUT2D eigenvalue weighted by Gasteiger charge is -2.10. The van der Waals surface area contributed by atoms with Crippen molar-refractivity contribution in [1.82, 2.24) is 35.6 Å². The number of hydrogen-bond donors (Lipinski definition) is 10. The van der Waals surface area contributed by atoms with E-state index in [0.717, 1.165) is 12.7 Å². The predicted octanol–water partition coefficient (Wildman–Crippen LogP) is 1.29. The van der Waals surface area contributed by atoms with Crippen LogP contribution in [0.25, 0.3) is 0 Å². The van der Waals surface area contributed by atoms with Gasteiger partial charge in [-0.1, -0.05) is 117 Å². The highest BCUT2D eigenvalue weighted by molar-refractivity contribution is 7.57. The normalized spacial score (nSPS) is 12.4. The van der Waals surface area contributed by atoms with Gasteiger partial charge in [0.05, 0.1) is 28.4 Å². The van der Waals surface area contributed by atoms with Crippen molar-refractivity contribution < 1.29 is 67.8 Å². The zero-order chi connectivity index (χ0) is 62.1. The smallest absolute Gasteiger partial charge is 0.324 e. The molecule has 0 saturated carbocycles. The van der Waals surface area contributed by atoms with E-state index in [4.69, 9.17) is 45.3 Å². The van der Waals surface area contributed by atoms with Crippen LogP contribution in [0.1, 0.15) is 65.2 Å². The van der Waals surface area contributed by atoms with Gasteiger partial charge in [-0.2, -0.15) is 33.2 Å². The predicted molar refractivity (Wildman–Crippen MR) is 357 cm³/mol. The molecule has 433 valence electrons. The SMILES string of the molecule is C#CCC(NP)C(=O)OC.CC.COC(=O)C(C/C=C/[B]P)NP.COC(=O)C(C/C=C\[B]P)NP.O=C(O)C(CCC[B]P)NP.[B]/C=C/CC(NP)C(=O)O.[B]/C=C\CC(NP)C(=O)O.[B]C#CCC(NP)C(=O)OC. The maximum Gasteiger partial charge on any atom is 0.324 e. The molecule has 17 unspecified atom stereocenters. The minimum absolute atomic E-state index is 0.251. The van der Waals surface area contributed by atoms with Crippen LogP contribution in [0.3, 0.4) is 0 Å². The Morgan fingerprint density at radius 2 is 0.821 bits per heavy atom. The number of rotatable bonds is 30. The van der Waals surface area contributed by atoms with Crippen LogP contribution in [0.4, 0.5) is 0 Å². The summed E-state index contributed by atoms with van der Waals surface area (Å²) in [6.45, 7) is 9.62. The molecule has 78 heavy (non-hydrogen) atoms. The van der Waals surface area contributed by atoms with Gasteiger partial charge in [0.1, 0.15) is 65.0 Å². The molecule has 0 aromatic rings. The summed E-state index contributed by atoms with van der Waals surface area (Å²) < 4.78 is 18.1. The van der Waals surface area contributed by atoms with Gasteiger partial charge in [-0.15, -0.1) is 42.2 Å². The molecule has 0 aliphatic rings. The summed E-state index contributed by atoms with van der Waals surface area (Å²) >= 11 is 0. The number of esters is 4. The van der Waals surface area contributed by atoms with Crippen LogP contribution >= 0.6 is 93.1 Å². The third-order valence-corrected chi connectivity index (χ3v) is 11.7. The van der Waals surface area contributed by atoms with Gasteiger partial charge in [-0.25, -0.2) is 0 Å². The number of aliphatic carboxylic acids is 3. The second kappa shape index (κ2) is 75.8. The molecule has 0 heterocycles. The lowest BCUT2D eigenvalue weighted by atomic mass is 9.96. The van der Waals surface area contributed by atoms with Crippen LogP contribution in [0.15, 0.2) is 48.2 Å². The maximum atomic E-state index is 11.0. The van der Waals surface area contributed by atoms with E-state index < -0.39 is 48.1 Å². The van der Waals surface area contributed by atoms with Gasteiger partial charge in [0.25, 0.3) is 0 Å². The van der Waals surface area contributed by atoms with Crippen molar-refractivity contribution in [3.05, 3.63) is 48.2 Å². The van der Waals surface area contributed by atoms with E-state index in [1.165, 1.54) is 40.4 Å². The molecule has 0 rings (SSSR count). The Labute approximate surface area is 494 Å². The molecular weight excluding hydrogens is 1190 g/mol. The summed E-state index contributed by atoms with van der Waals surface area (Å²) in [7, 11) is 43.4. The van der Waals surface area contributed by atoms with Crippen LogP contribution in [-0.4, -0.2) is 172 Å². The van der Waals surface area contributed by atoms with Gasteiger partial charge in [0.15, 0.2) is 21.8 Å². The Hall–Kier alpha value is -1.22. The van der Waals surface area contributed by atoms with Gasteiger partial charge in [-0.3, -0.25) is 69.2 Å². The third kappa shape index (κ3) is 65.6. The Balaban J connectivity index is -0.000000122. The topological polar surface area (TPSA) is 301 Å². The number of terminal acetylenes is 1. The highest BCUT2D eigenvalue weighted by Crippen LogP contribution is 2.05. The molecule has 0 aromatic heterocycles. The molecule has 0 aliphatic heterocycles. The molecule has 17 atom stereocenters. The Morgan fingerprint density at radius 3 is 1.05 bits per heavy atom. The van der Waals surface area contributed by atoms with Crippen molar-refractivity contribution >= 4 is 179 Å². The van der Waals surface area contributed by atoms with E-state index in [9.17, 15) is 33.6 Å². The number of carbonyl (C=O) groups is 7. The van der Waals surface area contributed by atoms with E-state index in [2.05, 4.69) is 165 Å². The van der Waals surface area contributed by atoms with E-state index in [0.29, 0.717) is 44.9 Å². The number of carboxylic acid groups (broad SMARTS) is 3. The quantitative estimate of drug-likeness (QED) is 0.0121.